The summed E-state index contributed by atoms with van der Waals surface area (Å²) in [7, 11) is 1.80. The van der Waals surface area contributed by atoms with Crippen LogP contribution in [0, 0.1) is 11.7 Å². The van der Waals surface area contributed by atoms with Crippen molar-refractivity contribution in [2.45, 2.75) is 50.7 Å². The van der Waals surface area contributed by atoms with Gasteiger partial charge in [-0.25, -0.2) is 4.39 Å². The predicted octanol–water partition coefficient (Wildman–Crippen LogP) is 3.65. The van der Waals surface area contributed by atoms with E-state index in [1.54, 1.807) is 19.2 Å². The number of rotatable bonds is 4. The van der Waals surface area contributed by atoms with Crippen molar-refractivity contribution in [2.24, 2.45) is 5.92 Å². The molecule has 2 nitrogen and oxygen atoms in total. The molecule has 0 radical (unpaired) electrons. The fourth-order valence-electron chi connectivity index (χ4n) is 4.09. The van der Waals surface area contributed by atoms with E-state index in [-0.39, 0.29) is 11.9 Å². The van der Waals surface area contributed by atoms with Crippen LogP contribution in [-0.4, -0.2) is 37.2 Å². The smallest absolute Gasteiger partial charge is 0.126 e. The first-order valence-corrected chi connectivity index (χ1v) is 8.28. The highest BCUT2D eigenvalue weighted by molar-refractivity contribution is 5.18. The molecule has 0 amide bonds. The van der Waals surface area contributed by atoms with Crippen LogP contribution in [0.2, 0.25) is 0 Å². The van der Waals surface area contributed by atoms with Crippen molar-refractivity contribution in [1.82, 2.24) is 4.90 Å². The highest BCUT2D eigenvalue weighted by Gasteiger charge is 2.33. The van der Waals surface area contributed by atoms with Crippen molar-refractivity contribution in [3.63, 3.8) is 0 Å². The summed E-state index contributed by atoms with van der Waals surface area (Å²) in [5, 5.41) is 0. The topological polar surface area (TPSA) is 12.5 Å². The van der Waals surface area contributed by atoms with Gasteiger partial charge in [0.2, 0.25) is 0 Å². The Morgan fingerprint density at radius 2 is 1.95 bits per heavy atom. The van der Waals surface area contributed by atoms with Gasteiger partial charge in [-0.1, -0.05) is 31.0 Å². The van der Waals surface area contributed by atoms with Gasteiger partial charge in [0.05, 0.1) is 6.10 Å². The largest absolute Gasteiger partial charge is 0.381 e. The molecule has 116 valence electrons. The third kappa shape index (κ3) is 3.46. The van der Waals surface area contributed by atoms with E-state index < -0.39 is 0 Å². The maximum atomic E-state index is 13.9. The van der Waals surface area contributed by atoms with Gasteiger partial charge in [-0.15, -0.1) is 0 Å². The van der Waals surface area contributed by atoms with Crippen LogP contribution in [0.3, 0.4) is 0 Å². The molecule has 0 bridgehead atoms. The van der Waals surface area contributed by atoms with Gasteiger partial charge in [-0.2, -0.15) is 0 Å². The SMILES string of the molecule is CO[C@H]1CCN(C2CCCC2)C[C@H]1Cc1ccccc1F. The van der Waals surface area contributed by atoms with Gasteiger partial charge in [0.25, 0.3) is 0 Å². The fourth-order valence-corrected chi connectivity index (χ4v) is 4.09. The van der Waals surface area contributed by atoms with Crippen LogP contribution < -0.4 is 0 Å². The number of methoxy groups -OCH3 is 1. The van der Waals surface area contributed by atoms with Crippen molar-refractivity contribution in [3.05, 3.63) is 35.6 Å². The number of benzene rings is 1. The van der Waals surface area contributed by atoms with E-state index in [0.29, 0.717) is 5.92 Å². The second-order valence-corrected chi connectivity index (χ2v) is 6.55. The summed E-state index contributed by atoms with van der Waals surface area (Å²) in [6.45, 7) is 2.19. The molecule has 1 heterocycles. The number of hydrogen-bond donors (Lipinski definition) is 0. The zero-order valence-electron chi connectivity index (χ0n) is 12.9. The molecule has 1 aliphatic heterocycles. The minimum atomic E-state index is -0.0784. The second-order valence-electron chi connectivity index (χ2n) is 6.55. The van der Waals surface area contributed by atoms with Crippen molar-refractivity contribution >= 4 is 0 Å². The summed E-state index contributed by atoms with van der Waals surface area (Å²) in [5.74, 6) is 0.326. The van der Waals surface area contributed by atoms with Crippen molar-refractivity contribution in [2.75, 3.05) is 20.2 Å². The zero-order chi connectivity index (χ0) is 14.7. The van der Waals surface area contributed by atoms with Gasteiger partial charge in [0, 0.05) is 32.2 Å². The molecule has 1 aromatic carbocycles. The summed E-state index contributed by atoms with van der Waals surface area (Å²) in [4.78, 5) is 2.63. The predicted molar refractivity (Wildman–Crippen MR) is 82.8 cm³/mol. The Morgan fingerprint density at radius 1 is 1.19 bits per heavy atom. The molecule has 0 aromatic heterocycles. The van der Waals surface area contributed by atoms with E-state index in [9.17, 15) is 4.39 Å². The van der Waals surface area contributed by atoms with Gasteiger partial charge in [0.1, 0.15) is 5.82 Å². The number of likely N-dealkylation sites (tertiary alicyclic amines) is 1. The van der Waals surface area contributed by atoms with Crippen LogP contribution in [0.5, 0.6) is 0 Å². The first-order valence-electron chi connectivity index (χ1n) is 8.28. The molecule has 2 aliphatic rings. The molecule has 3 heteroatoms. The van der Waals surface area contributed by atoms with Gasteiger partial charge in [-0.3, -0.25) is 4.90 Å². The van der Waals surface area contributed by atoms with Crippen LogP contribution in [0.4, 0.5) is 4.39 Å². The van der Waals surface area contributed by atoms with E-state index in [1.807, 2.05) is 12.1 Å². The molecule has 1 aromatic rings. The molecule has 3 rings (SSSR count). The van der Waals surface area contributed by atoms with Crippen LogP contribution in [-0.2, 0) is 11.2 Å². The average Bonchev–Trinajstić information content (AvgIpc) is 3.04. The van der Waals surface area contributed by atoms with Crippen molar-refractivity contribution in [3.8, 4) is 0 Å². The Kier molecular flexibility index (Phi) is 4.91. The maximum Gasteiger partial charge on any atom is 0.126 e. The number of piperidine rings is 1. The van der Waals surface area contributed by atoms with Crippen LogP contribution >= 0.6 is 0 Å². The summed E-state index contributed by atoms with van der Waals surface area (Å²) < 4.78 is 19.6. The Balaban J connectivity index is 1.69. The molecule has 0 N–H and O–H groups in total. The Labute approximate surface area is 127 Å². The average molecular weight is 291 g/mol. The van der Waals surface area contributed by atoms with Crippen LogP contribution in [0.1, 0.15) is 37.7 Å². The lowest BCUT2D eigenvalue weighted by atomic mass is 9.87. The second kappa shape index (κ2) is 6.89. The number of hydrogen-bond acceptors (Lipinski definition) is 2. The van der Waals surface area contributed by atoms with Crippen LogP contribution in [0.15, 0.2) is 24.3 Å². The minimum absolute atomic E-state index is 0.0784. The number of nitrogens with zero attached hydrogens (tertiary/aromatic N) is 1. The lowest BCUT2D eigenvalue weighted by Gasteiger charge is -2.41. The highest BCUT2D eigenvalue weighted by Crippen LogP contribution is 2.30. The molecule has 1 saturated heterocycles. The molecule has 0 spiro atoms. The molecule has 2 atom stereocenters. The van der Waals surface area contributed by atoms with Crippen molar-refractivity contribution in [1.29, 1.82) is 0 Å². The van der Waals surface area contributed by atoms with Gasteiger partial charge in [-0.05, 0) is 37.3 Å². The van der Waals surface area contributed by atoms with Gasteiger partial charge in [0.15, 0.2) is 0 Å². The molecule has 1 aliphatic carbocycles. The standard InChI is InChI=1S/C18H26FNO/c1-21-18-10-11-20(16-7-3-4-8-16)13-15(18)12-14-6-2-5-9-17(14)19/h2,5-6,9,15-16,18H,3-4,7-8,10-13H2,1H3/t15-,18+/m1/s1. The summed E-state index contributed by atoms with van der Waals surface area (Å²) in [6.07, 6.45) is 7.54. The summed E-state index contributed by atoms with van der Waals surface area (Å²) in [5.41, 5.74) is 0.831. The maximum absolute atomic E-state index is 13.9. The third-order valence-corrected chi connectivity index (χ3v) is 5.28. The van der Waals surface area contributed by atoms with Gasteiger partial charge >= 0.3 is 0 Å². The van der Waals surface area contributed by atoms with E-state index in [0.717, 1.165) is 37.5 Å². The Bertz CT molecular complexity index is 458. The van der Waals surface area contributed by atoms with E-state index >= 15 is 0 Å². The van der Waals surface area contributed by atoms with Gasteiger partial charge < -0.3 is 4.74 Å². The summed E-state index contributed by atoms with van der Waals surface area (Å²) in [6, 6.07) is 7.92. The van der Waals surface area contributed by atoms with Crippen LogP contribution in [0.25, 0.3) is 0 Å². The normalized spacial score (nSPS) is 28.1. The van der Waals surface area contributed by atoms with E-state index in [2.05, 4.69) is 4.90 Å². The first-order chi connectivity index (χ1) is 10.3. The number of halogens is 1. The van der Waals surface area contributed by atoms with E-state index in [4.69, 9.17) is 4.74 Å². The van der Waals surface area contributed by atoms with Crippen molar-refractivity contribution < 1.29 is 9.13 Å². The number of ether oxygens (including phenoxy) is 1. The molecule has 21 heavy (non-hydrogen) atoms. The highest BCUT2D eigenvalue weighted by atomic mass is 19.1. The zero-order valence-corrected chi connectivity index (χ0v) is 12.9. The minimum Gasteiger partial charge on any atom is -0.381 e. The monoisotopic (exact) mass is 291 g/mol. The van der Waals surface area contributed by atoms with E-state index in [1.165, 1.54) is 25.7 Å². The quantitative estimate of drug-likeness (QED) is 0.839. The Morgan fingerprint density at radius 3 is 2.67 bits per heavy atom. The lowest BCUT2D eigenvalue weighted by molar-refractivity contribution is -0.0179. The molecule has 1 saturated carbocycles. The lowest BCUT2D eigenvalue weighted by Crippen LogP contribution is -2.48. The third-order valence-electron chi connectivity index (χ3n) is 5.28. The summed E-state index contributed by atoms with van der Waals surface area (Å²) >= 11 is 0. The molecule has 2 fully saturated rings. The molecule has 0 unspecified atom stereocenters. The Hall–Kier alpha value is -0.930. The molecular weight excluding hydrogens is 265 g/mol. The first kappa shape index (κ1) is 15.0. The fraction of sp³-hybridized carbons (Fsp3) is 0.667. The molecular formula is C18H26FNO.